The minimum Gasteiger partial charge on any atom is -0.493 e. The lowest BCUT2D eigenvalue weighted by Gasteiger charge is -2.15. The summed E-state index contributed by atoms with van der Waals surface area (Å²) in [5, 5.41) is 5.13. The van der Waals surface area contributed by atoms with E-state index in [1.54, 1.807) is 43.3 Å². The standard InChI is InChI=1S/C20H25N3O5S/c1-5-28-17-9-7-6-8-16(17)20(25)21-13-19(24)22-15-11-10-14(2)18(12-15)29(26,27)23(3)4/h6-12H,5,13H2,1-4H3,(H,21,25)(H,22,24). The number of carbonyl (C=O) groups is 2. The third kappa shape index (κ3) is 5.55. The molecule has 156 valence electrons. The Morgan fingerprint density at radius 2 is 1.79 bits per heavy atom. The fourth-order valence-corrected chi connectivity index (χ4v) is 3.69. The molecule has 0 unspecified atom stereocenters. The summed E-state index contributed by atoms with van der Waals surface area (Å²) in [6, 6.07) is 11.4. The topological polar surface area (TPSA) is 105 Å². The van der Waals surface area contributed by atoms with E-state index in [0.29, 0.717) is 29.2 Å². The van der Waals surface area contributed by atoms with Gasteiger partial charge in [-0.15, -0.1) is 0 Å². The molecule has 0 fully saturated rings. The first-order valence-electron chi connectivity index (χ1n) is 9.00. The van der Waals surface area contributed by atoms with E-state index in [0.717, 1.165) is 4.31 Å². The van der Waals surface area contributed by atoms with Gasteiger partial charge >= 0.3 is 0 Å². The number of carbonyl (C=O) groups excluding carboxylic acids is 2. The van der Waals surface area contributed by atoms with Crippen LogP contribution in [-0.2, 0) is 14.8 Å². The minimum absolute atomic E-state index is 0.106. The monoisotopic (exact) mass is 419 g/mol. The molecule has 0 heterocycles. The zero-order chi connectivity index (χ0) is 21.6. The molecule has 0 radical (unpaired) electrons. The number of amides is 2. The van der Waals surface area contributed by atoms with Gasteiger partial charge in [0.1, 0.15) is 5.75 Å². The first-order valence-corrected chi connectivity index (χ1v) is 10.4. The highest BCUT2D eigenvalue weighted by Crippen LogP contribution is 2.22. The van der Waals surface area contributed by atoms with Gasteiger partial charge in [0.15, 0.2) is 0 Å². The highest BCUT2D eigenvalue weighted by Gasteiger charge is 2.20. The number of hydrogen-bond acceptors (Lipinski definition) is 5. The second-order valence-corrected chi connectivity index (χ2v) is 8.55. The highest BCUT2D eigenvalue weighted by atomic mass is 32.2. The maximum absolute atomic E-state index is 12.4. The zero-order valence-corrected chi connectivity index (χ0v) is 17.7. The summed E-state index contributed by atoms with van der Waals surface area (Å²) in [6.45, 7) is 3.63. The van der Waals surface area contributed by atoms with Crippen LogP contribution in [0.15, 0.2) is 47.4 Å². The van der Waals surface area contributed by atoms with Crippen LogP contribution < -0.4 is 15.4 Å². The molecule has 0 spiro atoms. The van der Waals surface area contributed by atoms with Crippen molar-refractivity contribution in [1.29, 1.82) is 0 Å². The van der Waals surface area contributed by atoms with Crippen molar-refractivity contribution in [2.45, 2.75) is 18.7 Å². The molecule has 0 atom stereocenters. The lowest BCUT2D eigenvalue weighted by atomic mass is 10.2. The maximum Gasteiger partial charge on any atom is 0.255 e. The molecule has 2 amide bonds. The summed E-state index contributed by atoms with van der Waals surface area (Å²) < 4.78 is 31.3. The Kier molecular flexibility index (Phi) is 7.35. The van der Waals surface area contributed by atoms with Crippen LogP contribution in [0.3, 0.4) is 0 Å². The zero-order valence-electron chi connectivity index (χ0n) is 16.9. The molecule has 2 rings (SSSR count). The summed E-state index contributed by atoms with van der Waals surface area (Å²) in [4.78, 5) is 24.7. The second-order valence-electron chi connectivity index (χ2n) is 6.43. The molecule has 2 N–H and O–H groups in total. The van der Waals surface area contributed by atoms with Crippen LogP contribution in [0.25, 0.3) is 0 Å². The summed E-state index contributed by atoms with van der Waals surface area (Å²) in [7, 11) is -0.759. The van der Waals surface area contributed by atoms with Crippen LogP contribution in [0.4, 0.5) is 5.69 Å². The van der Waals surface area contributed by atoms with Crippen molar-refractivity contribution >= 4 is 27.5 Å². The number of aryl methyl sites for hydroxylation is 1. The molecule has 0 saturated heterocycles. The average molecular weight is 420 g/mol. The van der Waals surface area contributed by atoms with Crippen LogP contribution in [0, 0.1) is 6.92 Å². The Balaban J connectivity index is 2.06. The minimum atomic E-state index is -3.64. The molecule has 0 bridgehead atoms. The van der Waals surface area contributed by atoms with E-state index in [1.807, 2.05) is 6.92 Å². The molecule has 0 aliphatic heterocycles. The molecule has 9 heteroatoms. The Morgan fingerprint density at radius 3 is 2.45 bits per heavy atom. The van der Waals surface area contributed by atoms with E-state index < -0.39 is 21.8 Å². The van der Waals surface area contributed by atoms with Gasteiger partial charge < -0.3 is 15.4 Å². The van der Waals surface area contributed by atoms with Gasteiger partial charge in [0.05, 0.1) is 23.6 Å². The fraction of sp³-hybridized carbons (Fsp3) is 0.300. The summed E-state index contributed by atoms with van der Waals surface area (Å²) >= 11 is 0. The van der Waals surface area contributed by atoms with Crippen molar-refractivity contribution in [2.24, 2.45) is 0 Å². The Hall–Kier alpha value is -2.91. The highest BCUT2D eigenvalue weighted by molar-refractivity contribution is 7.89. The number of anilines is 1. The third-order valence-corrected chi connectivity index (χ3v) is 6.03. The van der Waals surface area contributed by atoms with Crippen LogP contribution in [-0.4, -0.2) is 51.8 Å². The first-order chi connectivity index (χ1) is 13.7. The molecule has 0 aromatic heterocycles. The smallest absolute Gasteiger partial charge is 0.255 e. The molecule has 0 saturated carbocycles. The molecule has 29 heavy (non-hydrogen) atoms. The third-order valence-electron chi connectivity index (χ3n) is 4.07. The van der Waals surface area contributed by atoms with E-state index >= 15 is 0 Å². The van der Waals surface area contributed by atoms with Gasteiger partial charge in [0.25, 0.3) is 5.91 Å². The largest absolute Gasteiger partial charge is 0.493 e. The van der Waals surface area contributed by atoms with Crippen molar-refractivity contribution in [3.8, 4) is 5.75 Å². The maximum atomic E-state index is 12.4. The lowest BCUT2D eigenvalue weighted by Crippen LogP contribution is -2.33. The van der Waals surface area contributed by atoms with Crippen LogP contribution in [0.2, 0.25) is 0 Å². The van der Waals surface area contributed by atoms with E-state index in [4.69, 9.17) is 4.74 Å². The number of nitrogens with one attached hydrogen (secondary N) is 2. The quantitative estimate of drug-likeness (QED) is 0.681. The van der Waals surface area contributed by atoms with E-state index in [9.17, 15) is 18.0 Å². The number of para-hydroxylation sites is 1. The molecule has 0 aliphatic carbocycles. The number of hydrogen-bond donors (Lipinski definition) is 2. The van der Waals surface area contributed by atoms with Crippen molar-refractivity contribution < 1.29 is 22.7 Å². The summed E-state index contributed by atoms with van der Waals surface area (Å²) in [5.41, 5.74) is 1.22. The molecule has 8 nitrogen and oxygen atoms in total. The van der Waals surface area contributed by atoms with Gasteiger partial charge in [-0.05, 0) is 43.7 Å². The predicted molar refractivity (Wildman–Crippen MR) is 111 cm³/mol. The predicted octanol–water partition coefficient (Wildman–Crippen LogP) is 2.01. The van der Waals surface area contributed by atoms with E-state index in [-0.39, 0.29) is 11.4 Å². The van der Waals surface area contributed by atoms with Crippen LogP contribution in [0.5, 0.6) is 5.75 Å². The fourth-order valence-electron chi connectivity index (χ4n) is 2.55. The Morgan fingerprint density at radius 1 is 1.10 bits per heavy atom. The van der Waals surface area contributed by atoms with Crippen LogP contribution in [0.1, 0.15) is 22.8 Å². The Labute approximate surface area is 170 Å². The number of nitrogens with zero attached hydrogens (tertiary/aromatic N) is 1. The first kappa shape index (κ1) is 22.4. The molecular weight excluding hydrogens is 394 g/mol. The molecule has 2 aromatic carbocycles. The SMILES string of the molecule is CCOc1ccccc1C(=O)NCC(=O)Nc1ccc(C)c(S(=O)(=O)N(C)C)c1. The number of sulfonamides is 1. The summed E-state index contributed by atoms with van der Waals surface area (Å²) in [5.74, 6) is -0.488. The van der Waals surface area contributed by atoms with Gasteiger partial charge in [0, 0.05) is 19.8 Å². The number of rotatable bonds is 8. The van der Waals surface area contributed by atoms with Crippen molar-refractivity contribution in [3.63, 3.8) is 0 Å². The molecule has 2 aromatic rings. The Bertz CT molecular complexity index is 1000. The summed E-state index contributed by atoms with van der Waals surface area (Å²) in [6.07, 6.45) is 0. The molecular formula is C20H25N3O5S. The number of ether oxygens (including phenoxy) is 1. The van der Waals surface area contributed by atoms with E-state index in [2.05, 4.69) is 10.6 Å². The van der Waals surface area contributed by atoms with Gasteiger partial charge in [-0.3, -0.25) is 9.59 Å². The van der Waals surface area contributed by atoms with Gasteiger partial charge in [-0.25, -0.2) is 12.7 Å². The van der Waals surface area contributed by atoms with Crippen molar-refractivity contribution in [3.05, 3.63) is 53.6 Å². The van der Waals surface area contributed by atoms with Gasteiger partial charge in [-0.2, -0.15) is 0 Å². The van der Waals surface area contributed by atoms with Crippen molar-refractivity contribution in [1.82, 2.24) is 9.62 Å². The van der Waals surface area contributed by atoms with Gasteiger partial charge in [-0.1, -0.05) is 18.2 Å². The second kappa shape index (κ2) is 9.53. The normalized spacial score (nSPS) is 11.2. The lowest BCUT2D eigenvalue weighted by molar-refractivity contribution is -0.115. The van der Waals surface area contributed by atoms with Crippen molar-refractivity contribution in [2.75, 3.05) is 32.6 Å². The van der Waals surface area contributed by atoms with Crippen LogP contribution >= 0.6 is 0 Å². The van der Waals surface area contributed by atoms with Gasteiger partial charge in [0.2, 0.25) is 15.9 Å². The van der Waals surface area contributed by atoms with E-state index in [1.165, 1.54) is 20.2 Å². The average Bonchev–Trinajstić information content (AvgIpc) is 2.68. The molecule has 0 aliphatic rings. The number of benzene rings is 2.